The standard InChI is InChI=1S/C47H83N7O23S3/c55-17-24-29(60)30(61)33(64)40(71-24)53-47(80)50-9-12-54(10-7-48-45(78)51-15-22-20-5-1-3-13-69-41-36(67)31(62)38(25(18-56)74-41)76-43(72-22)34(65)27(20)58)11-8-49-46(79)52-16-23-21-6-2-4-14-70-42-37(68)32(63)39(26(19-57)75-42)77-44(73-23)35(66)28(21)59/h20-44,55-68H,1-19H2,(H2,48,51,78)(H2,49,52,79)(H2,50,53,80). The molecule has 0 aliphatic carbocycles. The topological polar surface area (TPSA) is 442 Å². The molecular weight excluding hydrogens is 1130 g/mol. The van der Waals surface area contributed by atoms with Gasteiger partial charge in [-0.15, -0.1) is 0 Å². The van der Waals surface area contributed by atoms with E-state index in [4.69, 9.17) is 79.3 Å². The van der Waals surface area contributed by atoms with Gasteiger partial charge in [0, 0.05) is 77.4 Å². The zero-order chi connectivity index (χ0) is 57.8. The Morgan fingerprint density at radius 3 is 1.21 bits per heavy atom. The van der Waals surface area contributed by atoms with Gasteiger partial charge in [-0.05, 0) is 62.3 Å². The van der Waals surface area contributed by atoms with Crippen LogP contribution in [0.4, 0.5) is 0 Å². The molecule has 0 saturated carbocycles. The van der Waals surface area contributed by atoms with Crippen LogP contribution in [0.5, 0.6) is 0 Å². The zero-order valence-corrected chi connectivity index (χ0v) is 46.4. The van der Waals surface area contributed by atoms with Crippen molar-refractivity contribution in [2.75, 3.05) is 85.4 Å². The smallest absolute Gasteiger partial charge is 0.186 e. The fourth-order valence-electron chi connectivity index (χ4n) is 10.9. The minimum atomic E-state index is -1.62. The number of thiocarbonyl (C=S) groups is 3. The molecule has 13 aliphatic rings. The summed E-state index contributed by atoms with van der Waals surface area (Å²) in [5.41, 5.74) is 0. The number of nitrogens with zero attached hydrogens (tertiary/aromatic N) is 1. The van der Waals surface area contributed by atoms with Crippen LogP contribution in [0.2, 0.25) is 0 Å². The van der Waals surface area contributed by atoms with Gasteiger partial charge in [-0.3, -0.25) is 4.90 Å². The van der Waals surface area contributed by atoms with E-state index in [2.05, 4.69) is 31.9 Å². The van der Waals surface area contributed by atoms with Gasteiger partial charge in [0.1, 0.15) is 85.5 Å². The SMILES string of the molecule is OCC1OC(NC(=S)NCCN(CCNC(=S)NCC2OC3OC4C(CO)OC(OCCCCC2C(O)C3O)C(O)C4O)CCNC(=S)NCC2OC3OC4C(CO)OC(OCCCCC2C(O)C3O)C(O)C4O)C(O)C(O)C1O. The molecule has 30 nitrogen and oxygen atoms in total. The monoisotopic (exact) mass is 1210 g/mol. The van der Waals surface area contributed by atoms with Crippen LogP contribution < -0.4 is 31.9 Å². The normalized spacial score (nSPS) is 42.7. The molecule has 20 N–H and O–H groups in total. The zero-order valence-electron chi connectivity index (χ0n) is 44.0. The summed E-state index contributed by atoms with van der Waals surface area (Å²) in [6, 6.07) is 0. The summed E-state index contributed by atoms with van der Waals surface area (Å²) in [4.78, 5) is 2.02. The molecule has 33 heteroatoms. The van der Waals surface area contributed by atoms with Crippen LogP contribution in [0.15, 0.2) is 0 Å². The molecule has 8 bridgehead atoms. The van der Waals surface area contributed by atoms with Crippen LogP contribution in [0.25, 0.3) is 0 Å². The van der Waals surface area contributed by atoms with E-state index in [1.54, 1.807) is 0 Å². The first-order valence-corrected chi connectivity index (χ1v) is 28.5. The Morgan fingerprint density at radius 1 is 0.388 bits per heavy atom. The molecule has 0 aromatic heterocycles. The second-order valence-electron chi connectivity index (χ2n) is 21.0. The summed E-state index contributed by atoms with van der Waals surface area (Å²) in [5, 5.41) is 168. The summed E-state index contributed by atoms with van der Waals surface area (Å²) in [7, 11) is 0. The van der Waals surface area contributed by atoms with Gasteiger partial charge in [-0.2, -0.15) is 0 Å². The Bertz CT molecular complexity index is 1820. The van der Waals surface area contributed by atoms with Crippen LogP contribution in [-0.2, 0) is 42.6 Å². The summed E-state index contributed by atoms with van der Waals surface area (Å²) in [5.74, 6) is -1.17. The van der Waals surface area contributed by atoms with Crippen LogP contribution in [0, 0.1) is 11.8 Å². The fraction of sp³-hybridized carbons (Fsp3) is 0.936. The Kier molecular flexibility index (Phi) is 25.8. The van der Waals surface area contributed by atoms with Gasteiger partial charge in [0.05, 0.1) is 44.2 Å². The molecule has 462 valence electrons. The number of hydrogen-bond donors (Lipinski definition) is 20. The van der Waals surface area contributed by atoms with Gasteiger partial charge in [-0.25, -0.2) is 0 Å². The lowest BCUT2D eigenvalue weighted by Gasteiger charge is -2.47. The first-order chi connectivity index (χ1) is 38.3. The second-order valence-corrected chi connectivity index (χ2v) is 22.2. The van der Waals surface area contributed by atoms with Crippen molar-refractivity contribution in [1.82, 2.24) is 36.8 Å². The lowest BCUT2D eigenvalue weighted by Crippen LogP contribution is -2.64. The van der Waals surface area contributed by atoms with Crippen molar-refractivity contribution in [2.24, 2.45) is 11.8 Å². The van der Waals surface area contributed by atoms with Crippen molar-refractivity contribution in [3.05, 3.63) is 0 Å². The van der Waals surface area contributed by atoms with Crippen molar-refractivity contribution in [1.29, 1.82) is 0 Å². The molecule has 13 heterocycles. The predicted octanol–water partition coefficient (Wildman–Crippen LogP) is -9.34. The third kappa shape index (κ3) is 16.7. The number of ether oxygens (including phenoxy) is 9. The highest BCUT2D eigenvalue weighted by molar-refractivity contribution is 7.80. The minimum Gasteiger partial charge on any atom is -0.394 e. The van der Waals surface area contributed by atoms with E-state index in [1.165, 1.54) is 0 Å². The third-order valence-electron chi connectivity index (χ3n) is 15.6. The number of nitrogens with one attached hydrogen (secondary N) is 6. The lowest BCUT2D eigenvalue weighted by molar-refractivity contribution is -0.355. The van der Waals surface area contributed by atoms with Gasteiger partial charge in [0.25, 0.3) is 0 Å². The van der Waals surface area contributed by atoms with Gasteiger partial charge in [0.15, 0.2) is 46.7 Å². The molecule has 0 aromatic rings. The summed E-state index contributed by atoms with van der Waals surface area (Å²) in [6.07, 6.45) is -28.3. The van der Waals surface area contributed by atoms with E-state index in [0.29, 0.717) is 71.2 Å². The maximum absolute atomic E-state index is 11.4. The first kappa shape index (κ1) is 65.6. The van der Waals surface area contributed by atoms with E-state index in [0.717, 1.165) is 0 Å². The maximum Gasteiger partial charge on any atom is 0.186 e. The van der Waals surface area contributed by atoms with E-state index in [-0.39, 0.29) is 48.2 Å². The van der Waals surface area contributed by atoms with Crippen LogP contribution >= 0.6 is 36.7 Å². The molecule has 13 fully saturated rings. The number of aliphatic hydroxyl groups is 14. The van der Waals surface area contributed by atoms with E-state index in [9.17, 15) is 71.5 Å². The molecule has 13 rings (SSSR count). The number of rotatable bonds is 17. The van der Waals surface area contributed by atoms with E-state index in [1.807, 2.05) is 4.90 Å². The molecule has 80 heavy (non-hydrogen) atoms. The number of hydrogen-bond acceptors (Lipinski definition) is 27. The van der Waals surface area contributed by atoms with E-state index >= 15 is 0 Å². The summed E-state index contributed by atoms with van der Waals surface area (Å²) < 4.78 is 52.6. The van der Waals surface area contributed by atoms with Gasteiger partial charge in [0.2, 0.25) is 0 Å². The highest BCUT2D eigenvalue weighted by Gasteiger charge is 2.53. The summed E-state index contributed by atoms with van der Waals surface area (Å²) in [6.45, 7) is 0.487. The molecule has 0 amide bonds. The van der Waals surface area contributed by atoms with Crippen LogP contribution in [0.3, 0.4) is 0 Å². The molecule has 0 spiro atoms. The van der Waals surface area contributed by atoms with Crippen molar-refractivity contribution in [3.8, 4) is 0 Å². The highest BCUT2D eigenvalue weighted by atomic mass is 32.1. The Hall–Kier alpha value is -1.89. The number of aliphatic hydroxyl groups excluding tert-OH is 14. The fourth-order valence-corrected chi connectivity index (χ4v) is 11.5. The minimum absolute atomic E-state index is 0.0433. The second kappa shape index (κ2) is 31.5. The maximum atomic E-state index is 11.4. The lowest BCUT2D eigenvalue weighted by atomic mass is 9.84. The van der Waals surface area contributed by atoms with Crippen molar-refractivity contribution in [2.45, 2.75) is 180 Å². The molecule has 13 aliphatic heterocycles. The van der Waals surface area contributed by atoms with Crippen molar-refractivity contribution in [3.63, 3.8) is 0 Å². The average Bonchev–Trinajstić information content (AvgIpc) is 3.48. The molecule has 0 aromatic carbocycles. The molecular formula is C47H83N7O23S3. The van der Waals surface area contributed by atoms with Gasteiger partial charge >= 0.3 is 0 Å². The molecule has 0 radical (unpaired) electrons. The van der Waals surface area contributed by atoms with Gasteiger partial charge < -0.3 is 146 Å². The summed E-state index contributed by atoms with van der Waals surface area (Å²) >= 11 is 16.8. The van der Waals surface area contributed by atoms with E-state index < -0.39 is 173 Å². The molecule has 25 unspecified atom stereocenters. The van der Waals surface area contributed by atoms with Crippen LogP contribution in [0.1, 0.15) is 38.5 Å². The largest absolute Gasteiger partial charge is 0.394 e. The predicted molar refractivity (Wildman–Crippen MR) is 284 cm³/mol. The van der Waals surface area contributed by atoms with Crippen LogP contribution in [-0.4, -0.2) is 318 Å². The molecule has 25 atom stereocenters. The average molecular weight is 1210 g/mol. The quantitative estimate of drug-likeness (QED) is 0.0601. The van der Waals surface area contributed by atoms with Crippen molar-refractivity contribution >= 4 is 52.0 Å². The van der Waals surface area contributed by atoms with Crippen molar-refractivity contribution < 1.29 is 114 Å². The Balaban J connectivity index is 0.938. The molecule has 13 saturated heterocycles. The Morgan fingerprint density at radius 2 is 0.787 bits per heavy atom. The first-order valence-electron chi connectivity index (χ1n) is 27.3. The third-order valence-corrected chi connectivity index (χ3v) is 16.4. The highest BCUT2D eigenvalue weighted by Crippen LogP contribution is 2.36. The Labute approximate surface area is 478 Å². The van der Waals surface area contributed by atoms with Gasteiger partial charge in [-0.1, -0.05) is 12.8 Å².